The van der Waals surface area contributed by atoms with Crippen molar-refractivity contribution in [3.05, 3.63) is 58.9 Å². The molecule has 7 heteroatoms. The van der Waals surface area contributed by atoms with Gasteiger partial charge in [0.1, 0.15) is 11.6 Å². The predicted octanol–water partition coefficient (Wildman–Crippen LogP) is 3.38. The Bertz CT molecular complexity index is 826. The zero-order valence-corrected chi connectivity index (χ0v) is 14.8. The van der Waals surface area contributed by atoms with E-state index in [1.54, 1.807) is 30.3 Å². The molecule has 0 aromatic heterocycles. The molecule has 1 aliphatic rings. The number of hydrogen-bond donors (Lipinski definition) is 2. The lowest BCUT2D eigenvalue weighted by Crippen LogP contribution is -2.27. The van der Waals surface area contributed by atoms with E-state index in [-0.39, 0.29) is 29.5 Å². The number of carbonyl (C=O) groups is 2. The first kappa shape index (κ1) is 18.2. The van der Waals surface area contributed by atoms with Gasteiger partial charge in [0.25, 0.3) is 0 Å². The first-order valence-electron chi connectivity index (χ1n) is 8.14. The molecule has 3 rings (SSSR count). The van der Waals surface area contributed by atoms with Gasteiger partial charge in [0.15, 0.2) is 0 Å². The van der Waals surface area contributed by atoms with Crippen LogP contribution in [0.5, 0.6) is 5.75 Å². The second-order valence-electron chi connectivity index (χ2n) is 6.13. The molecule has 2 amide bonds. The molecule has 0 bridgehead atoms. The predicted molar refractivity (Wildman–Crippen MR) is 96.5 cm³/mol. The second kappa shape index (κ2) is 7.74. The number of benzene rings is 2. The van der Waals surface area contributed by atoms with Crippen LogP contribution in [0.25, 0.3) is 0 Å². The second-order valence-corrected chi connectivity index (χ2v) is 6.54. The minimum atomic E-state index is -0.357. The van der Waals surface area contributed by atoms with Crippen molar-refractivity contribution < 1.29 is 18.7 Å². The fraction of sp³-hybridized carbons (Fsp3) is 0.263. The van der Waals surface area contributed by atoms with Crippen LogP contribution >= 0.6 is 11.6 Å². The molecule has 1 saturated carbocycles. The number of rotatable bonds is 6. The number of carbonyl (C=O) groups excluding carboxylic acids is 2. The lowest BCUT2D eigenvalue weighted by Gasteiger charge is -2.08. The van der Waals surface area contributed by atoms with Gasteiger partial charge in [0, 0.05) is 12.2 Å². The number of amides is 2. The molecule has 5 nitrogen and oxygen atoms in total. The topological polar surface area (TPSA) is 67.4 Å². The van der Waals surface area contributed by atoms with Gasteiger partial charge in [-0.25, -0.2) is 4.39 Å². The monoisotopic (exact) mass is 376 g/mol. The van der Waals surface area contributed by atoms with Crippen molar-refractivity contribution in [1.29, 1.82) is 0 Å². The summed E-state index contributed by atoms with van der Waals surface area (Å²) in [5.74, 6) is -0.893. The minimum absolute atomic E-state index is 0.178. The third kappa shape index (κ3) is 4.32. The van der Waals surface area contributed by atoms with Gasteiger partial charge in [-0.05, 0) is 42.3 Å². The van der Waals surface area contributed by atoms with Crippen molar-refractivity contribution in [2.24, 2.45) is 11.8 Å². The molecule has 2 atom stereocenters. The Morgan fingerprint density at radius 3 is 2.50 bits per heavy atom. The summed E-state index contributed by atoms with van der Waals surface area (Å²) in [7, 11) is 1.51. The maximum Gasteiger partial charge on any atom is 0.228 e. The van der Waals surface area contributed by atoms with Crippen molar-refractivity contribution >= 4 is 29.1 Å². The van der Waals surface area contributed by atoms with Crippen molar-refractivity contribution in [2.75, 3.05) is 12.4 Å². The molecule has 136 valence electrons. The van der Waals surface area contributed by atoms with E-state index in [1.165, 1.54) is 19.2 Å². The number of methoxy groups -OCH3 is 1. The van der Waals surface area contributed by atoms with Gasteiger partial charge in [0.05, 0.1) is 24.0 Å². The largest absolute Gasteiger partial charge is 0.495 e. The number of anilines is 1. The smallest absolute Gasteiger partial charge is 0.228 e. The van der Waals surface area contributed by atoms with Gasteiger partial charge in [-0.1, -0.05) is 23.7 Å². The lowest BCUT2D eigenvalue weighted by atomic mass is 10.2. The first-order valence-corrected chi connectivity index (χ1v) is 8.52. The number of ether oxygens (including phenoxy) is 1. The summed E-state index contributed by atoms with van der Waals surface area (Å²) >= 11 is 6.03. The van der Waals surface area contributed by atoms with Crippen LogP contribution in [-0.4, -0.2) is 18.9 Å². The van der Waals surface area contributed by atoms with Crippen LogP contribution in [0.15, 0.2) is 42.5 Å². The molecule has 1 aliphatic carbocycles. The van der Waals surface area contributed by atoms with Crippen LogP contribution in [0.4, 0.5) is 10.1 Å². The van der Waals surface area contributed by atoms with E-state index in [2.05, 4.69) is 10.6 Å². The van der Waals surface area contributed by atoms with Crippen molar-refractivity contribution in [1.82, 2.24) is 5.32 Å². The Hall–Kier alpha value is -2.60. The summed E-state index contributed by atoms with van der Waals surface area (Å²) in [6.45, 7) is 0.304. The minimum Gasteiger partial charge on any atom is -0.495 e. The number of nitrogens with one attached hydrogen (secondary N) is 2. The van der Waals surface area contributed by atoms with Gasteiger partial charge in [-0.15, -0.1) is 0 Å². The fourth-order valence-electron chi connectivity index (χ4n) is 2.68. The third-order valence-electron chi connectivity index (χ3n) is 4.26. The average Bonchev–Trinajstić information content (AvgIpc) is 3.42. The SMILES string of the molecule is COc1ccc(NC(=O)C2CC2C(=O)NCc2ccc(F)cc2)cc1Cl. The molecule has 0 radical (unpaired) electrons. The molecular formula is C19H18ClFN2O3. The maximum absolute atomic E-state index is 12.9. The highest BCUT2D eigenvalue weighted by atomic mass is 35.5. The van der Waals surface area contributed by atoms with Gasteiger partial charge in [-0.3, -0.25) is 9.59 Å². The highest BCUT2D eigenvalue weighted by Gasteiger charge is 2.47. The van der Waals surface area contributed by atoms with Crippen LogP contribution in [0.3, 0.4) is 0 Å². The zero-order chi connectivity index (χ0) is 18.7. The van der Waals surface area contributed by atoms with Crippen molar-refractivity contribution in [2.45, 2.75) is 13.0 Å². The highest BCUT2D eigenvalue weighted by molar-refractivity contribution is 6.32. The first-order chi connectivity index (χ1) is 12.5. The summed E-state index contributed by atoms with van der Waals surface area (Å²) in [5, 5.41) is 5.93. The van der Waals surface area contributed by atoms with Crippen LogP contribution < -0.4 is 15.4 Å². The summed E-state index contributed by atoms with van der Waals surface area (Å²) in [6, 6.07) is 10.9. The molecule has 2 aromatic carbocycles. The maximum atomic E-state index is 12.9. The van der Waals surface area contributed by atoms with E-state index in [9.17, 15) is 14.0 Å². The molecule has 2 unspecified atom stereocenters. The molecule has 0 spiro atoms. The van der Waals surface area contributed by atoms with E-state index in [0.717, 1.165) is 5.56 Å². The molecule has 26 heavy (non-hydrogen) atoms. The molecule has 0 saturated heterocycles. The van der Waals surface area contributed by atoms with E-state index >= 15 is 0 Å². The quantitative estimate of drug-likeness (QED) is 0.812. The van der Waals surface area contributed by atoms with E-state index in [1.807, 2.05) is 0 Å². The van der Waals surface area contributed by atoms with Crippen molar-refractivity contribution in [3.63, 3.8) is 0 Å². The third-order valence-corrected chi connectivity index (χ3v) is 4.56. The van der Waals surface area contributed by atoms with Crippen LogP contribution in [0.2, 0.25) is 5.02 Å². The summed E-state index contributed by atoms with van der Waals surface area (Å²) in [6.07, 6.45) is 0.505. The molecule has 2 aromatic rings. The van der Waals surface area contributed by atoms with E-state index in [4.69, 9.17) is 16.3 Å². The normalized spacial score (nSPS) is 18.1. The van der Waals surface area contributed by atoms with Gasteiger partial charge >= 0.3 is 0 Å². The highest BCUT2D eigenvalue weighted by Crippen LogP contribution is 2.40. The Kier molecular flexibility index (Phi) is 5.42. The van der Waals surface area contributed by atoms with Gasteiger partial charge < -0.3 is 15.4 Å². The molecule has 0 aliphatic heterocycles. The average molecular weight is 377 g/mol. The Balaban J connectivity index is 1.49. The Labute approximate surface area is 155 Å². The van der Waals surface area contributed by atoms with Gasteiger partial charge in [-0.2, -0.15) is 0 Å². The van der Waals surface area contributed by atoms with E-state index < -0.39 is 0 Å². The lowest BCUT2D eigenvalue weighted by molar-refractivity contribution is -0.125. The Morgan fingerprint density at radius 1 is 1.15 bits per heavy atom. The number of halogens is 2. The molecule has 1 fully saturated rings. The van der Waals surface area contributed by atoms with Crippen LogP contribution in [-0.2, 0) is 16.1 Å². The van der Waals surface area contributed by atoms with Crippen LogP contribution in [0.1, 0.15) is 12.0 Å². The summed E-state index contributed by atoms with van der Waals surface area (Å²) in [4.78, 5) is 24.4. The molecular weight excluding hydrogens is 359 g/mol. The van der Waals surface area contributed by atoms with E-state index in [0.29, 0.717) is 29.4 Å². The van der Waals surface area contributed by atoms with Crippen LogP contribution in [0, 0.1) is 17.7 Å². The molecule has 0 heterocycles. The fourth-order valence-corrected chi connectivity index (χ4v) is 2.93. The number of hydrogen-bond acceptors (Lipinski definition) is 3. The summed E-state index contributed by atoms with van der Waals surface area (Å²) in [5.41, 5.74) is 1.35. The Morgan fingerprint density at radius 2 is 1.85 bits per heavy atom. The summed E-state index contributed by atoms with van der Waals surface area (Å²) < 4.78 is 17.9. The zero-order valence-electron chi connectivity index (χ0n) is 14.1. The molecule has 2 N–H and O–H groups in total. The van der Waals surface area contributed by atoms with Gasteiger partial charge in [0.2, 0.25) is 11.8 Å². The standard InChI is InChI=1S/C19H18ClFN2O3/c1-26-17-7-6-13(8-16(17)20)23-19(25)15-9-14(15)18(24)22-10-11-2-4-12(21)5-3-11/h2-8,14-15H,9-10H2,1H3,(H,22,24)(H,23,25). The van der Waals surface area contributed by atoms with Crippen molar-refractivity contribution in [3.8, 4) is 5.75 Å².